The maximum atomic E-state index is 10.4. The van der Waals surface area contributed by atoms with E-state index >= 15 is 0 Å². The van der Waals surface area contributed by atoms with E-state index in [1.165, 1.54) is 12.5 Å². The monoisotopic (exact) mass is 393 g/mol. The first-order valence-corrected chi connectivity index (χ1v) is 9.35. The maximum Gasteiger partial charge on any atom is 0.144 e. The summed E-state index contributed by atoms with van der Waals surface area (Å²) in [6, 6.07) is 11.1. The summed E-state index contributed by atoms with van der Waals surface area (Å²) >= 11 is 0. The molecule has 0 aliphatic heterocycles. The molecule has 2 aromatic rings. The van der Waals surface area contributed by atoms with E-state index in [0.717, 1.165) is 23.4 Å². The van der Waals surface area contributed by atoms with Crippen LogP contribution in [0.3, 0.4) is 0 Å². The zero-order valence-corrected chi connectivity index (χ0v) is 17.0. The number of para-hydroxylation sites is 1. The van der Waals surface area contributed by atoms with E-state index in [9.17, 15) is 5.11 Å². The lowest BCUT2D eigenvalue weighted by Gasteiger charge is -2.10. The molecule has 0 fully saturated rings. The van der Waals surface area contributed by atoms with Crippen molar-refractivity contribution >= 4 is 12.1 Å². The first-order valence-electron chi connectivity index (χ1n) is 9.35. The van der Waals surface area contributed by atoms with Crippen LogP contribution >= 0.6 is 0 Å². The molecule has 0 amide bonds. The van der Waals surface area contributed by atoms with Gasteiger partial charge in [-0.25, -0.2) is 4.99 Å². The molecule has 6 nitrogen and oxygen atoms in total. The molecule has 0 spiro atoms. The van der Waals surface area contributed by atoms with Crippen molar-refractivity contribution in [3.63, 3.8) is 0 Å². The molecule has 29 heavy (non-hydrogen) atoms. The number of aliphatic hydroxyl groups is 1. The molecule has 0 aliphatic rings. The largest absolute Gasteiger partial charge is 0.506 e. The van der Waals surface area contributed by atoms with Gasteiger partial charge in [0.05, 0.1) is 25.2 Å². The number of nitrogens with one attached hydrogen (secondary N) is 1. The topological polar surface area (TPSA) is 76.0 Å². The second kappa shape index (κ2) is 12.0. The van der Waals surface area contributed by atoms with Crippen molar-refractivity contribution in [1.82, 2.24) is 10.3 Å². The summed E-state index contributed by atoms with van der Waals surface area (Å²) in [5.41, 5.74) is 2.37. The Hall–Kier alpha value is -3.54. The molecule has 0 atom stereocenters. The van der Waals surface area contributed by atoms with Crippen LogP contribution in [0.4, 0.5) is 0 Å². The Kier molecular flexibility index (Phi) is 9.02. The molecule has 6 heteroatoms. The number of nitrogens with zero attached hydrogens (tertiary/aromatic N) is 2. The van der Waals surface area contributed by atoms with Gasteiger partial charge in [-0.3, -0.25) is 4.98 Å². The van der Waals surface area contributed by atoms with Gasteiger partial charge in [0.2, 0.25) is 0 Å². The van der Waals surface area contributed by atoms with E-state index in [1.807, 2.05) is 50.3 Å². The SMILES string of the molecule is CC/C=C(\C=C(/C)NC=N/C=C(\O)c1ccccc1OCc1cccnc1)OC. The lowest BCUT2D eigenvalue weighted by Crippen LogP contribution is -2.07. The number of benzene rings is 1. The fourth-order valence-electron chi connectivity index (χ4n) is 2.42. The number of aliphatic imine (C=N–C) groups is 1. The second-order valence-electron chi connectivity index (χ2n) is 6.13. The lowest BCUT2D eigenvalue weighted by atomic mass is 10.1. The van der Waals surface area contributed by atoms with Crippen molar-refractivity contribution in [3.8, 4) is 5.75 Å². The number of hydrogen-bond donors (Lipinski definition) is 2. The summed E-state index contributed by atoms with van der Waals surface area (Å²) in [7, 11) is 1.63. The number of pyridine rings is 1. The van der Waals surface area contributed by atoms with Crippen LogP contribution in [0.5, 0.6) is 5.75 Å². The summed E-state index contributed by atoms with van der Waals surface area (Å²) in [6.07, 6.45) is 11.1. The molecule has 0 aliphatic carbocycles. The first-order chi connectivity index (χ1) is 14.1. The van der Waals surface area contributed by atoms with Crippen LogP contribution in [0, 0.1) is 0 Å². The summed E-state index contributed by atoms with van der Waals surface area (Å²) in [6.45, 7) is 4.31. The van der Waals surface area contributed by atoms with Gasteiger partial charge < -0.3 is 19.9 Å². The predicted molar refractivity (Wildman–Crippen MR) is 116 cm³/mol. The molecule has 0 unspecified atom stereocenters. The molecule has 1 heterocycles. The highest BCUT2D eigenvalue weighted by Gasteiger charge is 2.07. The number of methoxy groups -OCH3 is 1. The Morgan fingerprint density at radius 2 is 2.07 bits per heavy atom. The summed E-state index contributed by atoms with van der Waals surface area (Å²) in [4.78, 5) is 8.18. The van der Waals surface area contributed by atoms with Gasteiger partial charge >= 0.3 is 0 Å². The first kappa shape index (κ1) is 21.8. The zero-order chi connectivity index (χ0) is 20.9. The number of aromatic nitrogens is 1. The smallest absolute Gasteiger partial charge is 0.144 e. The molecular weight excluding hydrogens is 366 g/mol. The third kappa shape index (κ3) is 7.54. The van der Waals surface area contributed by atoms with E-state index in [-0.39, 0.29) is 5.76 Å². The van der Waals surface area contributed by atoms with Gasteiger partial charge in [0.1, 0.15) is 23.9 Å². The van der Waals surface area contributed by atoms with Gasteiger partial charge in [-0.05, 0) is 43.7 Å². The molecule has 0 radical (unpaired) electrons. The summed E-state index contributed by atoms with van der Waals surface area (Å²) < 4.78 is 11.1. The number of ether oxygens (including phenoxy) is 2. The molecule has 0 saturated carbocycles. The number of hydrogen-bond acceptors (Lipinski definition) is 5. The molecule has 2 rings (SSSR count). The van der Waals surface area contributed by atoms with Crippen LogP contribution in [0.15, 0.2) is 83.6 Å². The van der Waals surface area contributed by atoms with Crippen molar-refractivity contribution in [3.05, 3.63) is 89.7 Å². The van der Waals surface area contributed by atoms with Crippen LogP contribution in [0.25, 0.3) is 5.76 Å². The highest BCUT2D eigenvalue weighted by atomic mass is 16.5. The third-order valence-electron chi connectivity index (χ3n) is 3.84. The maximum absolute atomic E-state index is 10.4. The van der Waals surface area contributed by atoms with Gasteiger partial charge in [0, 0.05) is 23.7 Å². The number of rotatable bonds is 10. The van der Waals surface area contributed by atoms with E-state index in [0.29, 0.717) is 17.9 Å². The van der Waals surface area contributed by atoms with Crippen molar-refractivity contribution in [2.24, 2.45) is 4.99 Å². The fraction of sp³-hybridized carbons (Fsp3) is 0.217. The predicted octanol–water partition coefficient (Wildman–Crippen LogP) is 4.98. The summed E-state index contributed by atoms with van der Waals surface area (Å²) in [5.74, 6) is 1.36. The van der Waals surface area contributed by atoms with E-state index in [4.69, 9.17) is 9.47 Å². The molecule has 0 bridgehead atoms. The van der Waals surface area contributed by atoms with Gasteiger partial charge in [-0.1, -0.05) is 25.1 Å². The highest BCUT2D eigenvalue weighted by molar-refractivity contribution is 5.66. The third-order valence-corrected chi connectivity index (χ3v) is 3.84. The highest BCUT2D eigenvalue weighted by Crippen LogP contribution is 2.25. The van der Waals surface area contributed by atoms with Crippen molar-refractivity contribution in [1.29, 1.82) is 0 Å². The van der Waals surface area contributed by atoms with Crippen molar-refractivity contribution in [2.75, 3.05) is 7.11 Å². The standard InChI is InChI=1S/C23H27N3O3/c1-4-8-20(28-3)13-18(2)26-17-25-15-22(27)21-10-5-6-11-23(21)29-16-19-9-7-12-24-14-19/h5-15,17,27H,4,16H2,1-3H3,(H,25,26)/b18-13+,20-8+,22-15-. The van der Waals surface area contributed by atoms with Crippen LogP contribution < -0.4 is 10.1 Å². The van der Waals surface area contributed by atoms with Crippen LogP contribution in [0.2, 0.25) is 0 Å². The van der Waals surface area contributed by atoms with Gasteiger partial charge in [-0.15, -0.1) is 0 Å². The van der Waals surface area contributed by atoms with Crippen LogP contribution in [-0.2, 0) is 11.3 Å². The minimum Gasteiger partial charge on any atom is -0.506 e. The molecule has 152 valence electrons. The molecule has 1 aromatic heterocycles. The van der Waals surface area contributed by atoms with Gasteiger partial charge in [-0.2, -0.15) is 0 Å². The average molecular weight is 393 g/mol. The normalized spacial score (nSPS) is 12.9. The van der Waals surface area contributed by atoms with Crippen LogP contribution in [-0.4, -0.2) is 23.5 Å². The molecule has 0 saturated heterocycles. The Bertz CT molecular complexity index is 887. The Morgan fingerprint density at radius 1 is 1.24 bits per heavy atom. The lowest BCUT2D eigenvalue weighted by molar-refractivity contribution is 0.303. The average Bonchev–Trinajstić information content (AvgIpc) is 2.75. The quantitative estimate of drug-likeness (QED) is 0.258. The van der Waals surface area contributed by atoms with Crippen LogP contribution in [0.1, 0.15) is 31.4 Å². The molecular formula is C23H27N3O3. The number of allylic oxidation sites excluding steroid dienone is 3. The summed E-state index contributed by atoms with van der Waals surface area (Å²) in [5, 5.41) is 13.4. The Labute approximate surface area is 171 Å². The van der Waals surface area contributed by atoms with Gasteiger partial charge in [0.25, 0.3) is 0 Å². The fourth-order valence-corrected chi connectivity index (χ4v) is 2.42. The van der Waals surface area contributed by atoms with E-state index in [2.05, 4.69) is 15.3 Å². The van der Waals surface area contributed by atoms with E-state index in [1.54, 1.807) is 31.6 Å². The minimum atomic E-state index is 0.00919. The van der Waals surface area contributed by atoms with Gasteiger partial charge in [0.15, 0.2) is 0 Å². The second-order valence-corrected chi connectivity index (χ2v) is 6.13. The molecule has 2 N–H and O–H groups in total. The molecule has 1 aromatic carbocycles. The van der Waals surface area contributed by atoms with Crippen molar-refractivity contribution in [2.45, 2.75) is 26.9 Å². The number of aliphatic hydroxyl groups excluding tert-OH is 1. The van der Waals surface area contributed by atoms with E-state index < -0.39 is 0 Å². The minimum absolute atomic E-state index is 0.00919. The Balaban J connectivity index is 2.01. The van der Waals surface area contributed by atoms with Crippen molar-refractivity contribution < 1.29 is 14.6 Å². The zero-order valence-electron chi connectivity index (χ0n) is 17.0. The Morgan fingerprint density at radius 3 is 2.79 bits per heavy atom.